The third-order valence-electron chi connectivity index (χ3n) is 2.55. The molecule has 2 rings (SSSR count). The molecule has 0 saturated heterocycles. The average molecular weight is 211 g/mol. The molecule has 3 nitrogen and oxygen atoms in total. The van der Waals surface area contributed by atoms with Crippen LogP contribution in [0.25, 0.3) is 11.0 Å². The minimum absolute atomic E-state index is 0.0262. The van der Waals surface area contributed by atoms with Gasteiger partial charge in [-0.2, -0.15) is 0 Å². The molecule has 1 aromatic carbocycles. The molecular formula is C10H11ClN2O. The number of aromatic nitrogens is 2. The van der Waals surface area contributed by atoms with Crippen molar-refractivity contribution in [2.45, 2.75) is 6.92 Å². The van der Waals surface area contributed by atoms with Crippen LogP contribution in [-0.2, 0) is 14.1 Å². The fourth-order valence-corrected chi connectivity index (χ4v) is 1.78. The van der Waals surface area contributed by atoms with Crippen LogP contribution in [0.4, 0.5) is 0 Å². The highest BCUT2D eigenvalue weighted by atomic mass is 35.5. The van der Waals surface area contributed by atoms with Crippen molar-refractivity contribution in [3.63, 3.8) is 0 Å². The third kappa shape index (κ3) is 1.09. The molecular weight excluding hydrogens is 200 g/mol. The van der Waals surface area contributed by atoms with Crippen LogP contribution in [0.1, 0.15) is 5.56 Å². The highest BCUT2D eigenvalue weighted by Crippen LogP contribution is 2.21. The van der Waals surface area contributed by atoms with Crippen molar-refractivity contribution < 1.29 is 0 Å². The summed E-state index contributed by atoms with van der Waals surface area (Å²) in [5.41, 5.74) is 2.74. The van der Waals surface area contributed by atoms with Gasteiger partial charge in [-0.15, -0.1) is 0 Å². The topological polar surface area (TPSA) is 26.9 Å². The first-order valence-electron chi connectivity index (χ1n) is 4.34. The van der Waals surface area contributed by atoms with Gasteiger partial charge in [-0.05, 0) is 24.6 Å². The predicted molar refractivity (Wildman–Crippen MR) is 57.9 cm³/mol. The van der Waals surface area contributed by atoms with E-state index < -0.39 is 0 Å². The molecule has 0 saturated carbocycles. The maximum absolute atomic E-state index is 11.6. The second-order valence-corrected chi connectivity index (χ2v) is 3.90. The van der Waals surface area contributed by atoms with Gasteiger partial charge in [-0.3, -0.25) is 9.13 Å². The summed E-state index contributed by atoms with van der Waals surface area (Å²) in [7, 11) is 3.51. The van der Waals surface area contributed by atoms with Gasteiger partial charge in [0.1, 0.15) is 0 Å². The van der Waals surface area contributed by atoms with Gasteiger partial charge in [0.05, 0.1) is 11.0 Å². The number of hydrogen-bond acceptors (Lipinski definition) is 1. The summed E-state index contributed by atoms with van der Waals surface area (Å²) in [4.78, 5) is 11.6. The van der Waals surface area contributed by atoms with Gasteiger partial charge in [-0.1, -0.05) is 11.6 Å². The lowest BCUT2D eigenvalue weighted by atomic mass is 10.2. The van der Waals surface area contributed by atoms with E-state index in [2.05, 4.69) is 0 Å². The van der Waals surface area contributed by atoms with Gasteiger partial charge >= 0.3 is 5.69 Å². The maximum Gasteiger partial charge on any atom is 0.328 e. The first kappa shape index (κ1) is 9.34. The molecule has 1 aromatic heterocycles. The number of nitrogens with zero attached hydrogens (tertiary/aromatic N) is 2. The summed E-state index contributed by atoms with van der Waals surface area (Å²) >= 11 is 6.00. The fraction of sp³-hybridized carbons (Fsp3) is 0.300. The third-order valence-corrected chi connectivity index (χ3v) is 2.96. The first-order valence-corrected chi connectivity index (χ1v) is 4.71. The van der Waals surface area contributed by atoms with E-state index in [1.807, 2.05) is 19.1 Å². The second-order valence-electron chi connectivity index (χ2n) is 3.49. The molecule has 0 bridgehead atoms. The van der Waals surface area contributed by atoms with Gasteiger partial charge in [0.2, 0.25) is 0 Å². The molecule has 1 heterocycles. The highest BCUT2D eigenvalue weighted by molar-refractivity contribution is 6.32. The molecule has 0 unspecified atom stereocenters. The second kappa shape index (κ2) is 2.89. The van der Waals surface area contributed by atoms with Crippen LogP contribution in [-0.4, -0.2) is 9.13 Å². The molecule has 0 aliphatic heterocycles. The van der Waals surface area contributed by atoms with Crippen molar-refractivity contribution in [1.82, 2.24) is 9.13 Å². The molecule has 0 spiro atoms. The minimum Gasteiger partial charge on any atom is -0.295 e. The van der Waals surface area contributed by atoms with Gasteiger partial charge in [0.15, 0.2) is 0 Å². The van der Waals surface area contributed by atoms with Crippen LogP contribution in [0.5, 0.6) is 0 Å². The Kier molecular flexibility index (Phi) is 1.93. The first-order chi connectivity index (χ1) is 6.52. The van der Waals surface area contributed by atoms with E-state index in [9.17, 15) is 4.79 Å². The smallest absolute Gasteiger partial charge is 0.295 e. The van der Waals surface area contributed by atoms with E-state index in [0.29, 0.717) is 5.02 Å². The monoisotopic (exact) mass is 210 g/mol. The summed E-state index contributed by atoms with van der Waals surface area (Å²) in [6.45, 7) is 1.93. The number of halogens is 1. The van der Waals surface area contributed by atoms with Crippen LogP contribution >= 0.6 is 11.6 Å². The molecule has 0 aliphatic carbocycles. The van der Waals surface area contributed by atoms with Crippen molar-refractivity contribution in [2.24, 2.45) is 14.1 Å². The Morgan fingerprint density at radius 2 is 1.64 bits per heavy atom. The molecule has 4 heteroatoms. The maximum atomic E-state index is 11.6. The van der Waals surface area contributed by atoms with Crippen molar-refractivity contribution in [3.05, 3.63) is 33.2 Å². The number of benzene rings is 1. The summed E-state index contributed by atoms with van der Waals surface area (Å²) < 4.78 is 3.22. The van der Waals surface area contributed by atoms with Crippen molar-refractivity contribution >= 4 is 22.6 Å². The molecule has 0 aliphatic rings. The lowest BCUT2D eigenvalue weighted by molar-refractivity contribution is 0.795. The van der Waals surface area contributed by atoms with Crippen molar-refractivity contribution in [3.8, 4) is 0 Å². The van der Waals surface area contributed by atoms with Crippen LogP contribution in [0, 0.1) is 6.92 Å². The summed E-state index contributed by atoms with van der Waals surface area (Å²) in [6, 6.07) is 3.76. The Balaban J connectivity index is 3.04. The zero-order valence-electron chi connectivity index (χ0n) is 8.34. The number of rotatable bonds is 0. The number of imidazole rings is 1. The van der Waals surface area contributed by atoms with Crippen LogP contribution in [0.15, 0.2) is 16.9 Å². The zero-order chi connectivity index (χ0) is 10.5. The van der Waals surface area contributed by atoms with Crippen LogP contribution in [0.3, 0.4) is 0 Å². The predicted octanol–water partition coefficient (Wildman–Crippen LogP) is 1.84. The van der Waals surface area contributed by atoms with E-state index in [1.54, 1.807) is 23.2 Å². The van der Waals surface area contributed by atoms with E-state index in [-0.39, 0.29) is 5.69 Å². The number of hydrogen-bond donors (Lipinski definition) is 0. The molecule has 14 heavy (non-hydrogen) atoms. The van der Waals surface area contributed by atoms with E-state index >= 15 is 0 Å². The zero-order valence-corrected chi connectivity index (χ0v) is 9.09. The standard InChI is InChI=1S/C10H11ClN2O/c1-6-4-8-9(5-7(6)11)13(3)10(14)12(8)2/h4-5H,1-3H3. The normalized spacial score (nSPS) is 11.1. The molecule has 0 radical (unpaired) electrons. The Morgan fingerprint density at radius 1 is 1.14 bits per heavy atom. The van der Waals surface area contributed by atoms with Gasteiger partial charge < -0.3 is 0 Å². The summed E-state index contributed by atoms with van der Waals surface area (Å²) in [5, 5.41) is 0.693. The Hall–Kier alpha value is -1.22. The lowest BCUT2D eigenvalue weighted by Crippen LogP contribution is -2.19. The molecule has 0 amide bonds. The van der Waals surface area contributed by atoms with Crippen molar-refractivity contribution in [2.75, 3.05) is 0 Å². The molecule has 0 atom stereocenters. The largest absolute Gasteiger partial charge is 0.328 e. The summed E-state index contributed by atoms with van der Waals surface area (Å²) in [5.74, 6) is 0. The van der Waals surface area contributed by atoms with Crippen LogP contribution in [0.2, 0.25) is 5.02 Å². The lowest BCUT2D eigenvalue weighted by Gasteiger charge is -1.99. The SMILES string of the molecule is Cc1cc2c(cc1Cl)n(C)c(=O)n2C. The molecule has 74 valence electrons. The Morgan fingerprint density at radius 3 is 2.21 bits per heavy atom. The quantitative estimate of drug-likeness (QED) is 0.652. The van der Waals surface area contributed by atoms with Gasteiger partial charge in [0.25, 0.3) is 0 Å². The fourth-order valence-electron chi connectivity index (χ4n) is 1.62. The van der Waals surface area contributed by atoms with E-state index in [0.717, 1.165) is 16.6 Å². The van der Waals surface area contributed by atoms with Gasteiger partial charge in [0, 0.05) is 19.1 Å². The summed E-state index contributed by atoms with van der Waals surface area (Å²) in [6.07, 6.45) is 0. The number of fused-ring (bicyclic) bond motifs is 1. The van der Waals surface area contributed by atoms with E-state index in [1.165, 1.54) is 0 Å². The van der Waals surface area contributed by atoms with Crippen LogP contribution < -0.4 is 5.69 Å². The van der Waals surface area contributed by atoms with Gasteiger partial charge in [-0.25, -0.2) is 4.79 Å². The van der Waals surface area contributed by atoms with Crippen molar-refractivity contribution in [1.29, 1.82) is 0 Å². The molecule has 0 fully saturated rings. The number of aryl methyl sites for hydroxylation is 3. The highest BCUT2D eigenvalue weighted by Gasteiger charge is 2.08. The average Bonchev–Trinajstić information content (AvgIpc) is 2.34. The Bertz CT molecular complexity index is 517. The Labute approximate surface area is 86.5 Å². The molecule has 0 N–H and O–H groups in total. The van der Waals surface area contributed by atoms with E-state index in [4.69, 9.17) is 11.6 Å². The minimum atomic E-state index is -0.0262. The molecule has 2 aromatic rings.